The van der Waals surface area contributed by atoms with Gasteiger partial charge < -0.3 is 15.4 Å². The summed E-state index contributed by atoms with van der Waals surface area (Å²) in [5.74, 6) is -0.502. The summed E-state index contributed by atoms with van der Waals surface area (Å²) in [6.07, 6.45) is 1.87. The van der Waals surface area contributed by atoms with Crippen LogP contribution < -0.4 is 10.6 Å². The fourth-order valence-electron chi connectivity index (χ4n) is 2.29. The molecule has 1 saturated heterocycles. The molecule has 108 valence electrons. The normalized spacial score (nSPS) is 18.4. The molecular weight excluding hydrogens is 256 g/mol. The highest BCUT2D eigenvalue weighted by Crippen LogP contribution is 2.19. The third kappa shape index (κ3) is 3.57. The van der Waals surface area contributed by atoms with E-state index in [0.717, 1.165) is 19.4 Å². The third-order valence-corrected chi connectivity index (χ3v) is 3.35. The Morgan fingerprint density at radius 2 is 2.20 bits per heavy atom. The monoisotopic (exact) mass is 276 g/mol. The first-order valence-corrected chi connectivity index (χ1v) is 7.00. The second-order valence-corrected chi connectivity index (χ2v) is 4.80. The van der Waals surface area contributed by atoms with Crippen LogP contribution in [0, 0.1) is 5.92 Å². The van der Waals surface area contributed by atoms with Crippen molar-refractivity contribution in [3.8, 4) is 0 Å². The Bertz CT molecular complexity index is 482. The summed E-state index contributed by atoms with van der Waals surface area (Å²) in [4.78, 5) is 24.0. The van der Waals surface area contributed by atoms with Crippen LogP contribution in [0.1, 0.15) is 30.1 Å². The molecule has 0 unspecified atom stereocenters. The molecule has 0 aliphatic carbocycles. The number of anilines is 1. The van der Waals surface area contributed by atoms with Crippen LogP contribution in [0.2, 0.25) is 0 Å². The molecule has 0 bridgehead atoms. The number of nitrogens with one attached hydrogen (secondary N) is 2. The van der Waals surface area contributed by atoms with E-state index in [2.05, 4.69) is 10.6 Å². The predicted molar refractivity (Wildman–Crippen MR) is 76.6 cm³/mol. The van der Waals surface area contributed by atoms with Crippen molar-refractivity contribution in [1.29, 1.82) is 0 Å². The Morgan fingerprint density at radius 1 is 1.40 bits per heavy atom. The second-order valence-electron chi connectivity index (χ2n) is 4.80. The van der Waals surface area contributed by atoms with Crippen molar-refractivity contribution in [1.82, 2.24) is 5.32 Å². The van der Waals surface area contributed by atoms with Crippen LogP contribution in [0.3, 0.4) is 0 Å². The van der Waals surface area contributed by atoms with Gasteiger partial charge in [0, 0.05) is 6.54 Å². The Kier molecular flexibility index (Phi) is 5.12. The van der Waals surface area contributed by atoms with Gasteiger partial charge in [-0.3, -0.25) is 4.79 Å². The number of rotatable bonds is 4. The molecule has 1 atom stereocenters. The molecule has 1 fully saturated rings. The largest absolute Gasteiger partial charge is 0.462 e. The van der Waals surface area contributed by atoms with Gasteiger partial charge in [-0.05, 0) is 38.4 Å². The van der Waals surface area contributed by atoms with Crippen LogP contribution in [0.25, 0.3) is 0 Å². The van der Waals surface area contributed by atoms with Gasteiger partial charge in [0.1, 0.15) is 0 Å². The zero-order chi connectivity index (χ0) is 14.4. The van der Waals surface area contributed by atoms with Crippen LogP contribution in [0.4, 0.5) is 5.69 Å². The number of ether oxygens (including phenoxy) is 1. The molecule has 0 spiro atoms. The van der Waals surface area contributed by atoms with Gasteiger partial charge in [0.25, 0.3) is 0 Å². The van der Waals surface area contributed by atoms with Crippen LogP contribution in [0.5, 0.6) is 0 Å². The topological polar surface area (TPSA) is 67.4 Å². The highest BCUT2D eigenvalue weighted by molar-refractivity contribution is 6.01. The maximum atomic E-state index is 12.2. The number of piperidine rings is 1. The van der Waals surface area contributed by atoms with Gasteiger partial charge in [-0.15, -0.1) is 0 Å². The maximum Gasteiger partial charge on any atom is 0.340 e. The fourth-order valence-corrected chi connectivity index (χ4v) is 2.29. The number of hydrogen-bond acceptors (Lipinski definition) is 4. The fraction of sp³-hybridized carbons (Fsp3) is 0.467. The lowest BCUT2D eigenvalue weighted by Crippen LogP contribution is -2.37. The van der Waals surface area contributed by atoms with Crippen molar-refractivity contribution < 1.29 is 14.3 Å². The van der Waals surface area contributed by atoms with E-state index in [1.165, 1.54) is 0 Å². The predicted octanol–water partition coefficient (Wildman–Crippen LogP) is 1.80. The van der Waals surface area contributed by atoms with E-state index >= 15 is 0 Å². The van der Waals surface area contributed by atoms with Gasteiger partial charge in [-0.2, -0.15) is 0 Å². The van der Waals surface area contributed by atoms with Gasteiger partial charge in [-0.1, -0.05) is 12.1 Å². The number of hydrogen-bond donors (Lipinski definition) is 2. The lowest BCUT2D eigenvalue weighted by molar-refractivity contribution is -0.120. The quantitative estimate of drug-likeness (QED) is 0.823. The molecule has 1 aliphatic rings. The zero-order valence-corrected chi connectivity index (χ0v) is 11.6. The van der Waals surface area contributed by atoms with Crippen molar-refractivity contribution in [2.75, 3.05) is 25.0 Å². The Labute approximate surface area is 118 Å². The highest BCUT2D eigenvalue weighted by Gasteiger charge is 2.22. The van der Waals surface area contributed by atoms with E-state index < -0.39 is 5.97 Å². The molecule has 20 heavy (non-hydrogen) atoms. The molecule has 1 heterocycles. The molecule has 5 heteroatoms. The molecule has 0 radical (unpaired) electrons. The standard InChI is InChI=1S/C15H20N2O3/c1-2-20-15(19)12-7-3-4-8-13(12)17-14(18)11-6-5-9-16-10-11/h3-4,7-8,11,16H,2,5-6,9-10H2,1H3,(H,17,18)/t11-/m1/s1. The van der Waals surface area contributed by atoms with E-state index in [0.29, 0.717) is 24.4 Å². The number of amides is 1. The molecule has 1 amide bonds. The molecule has 5 nitrogen and oxygen atoms in total. The second kappa shape index (κ2) is 7.05. The van der Waals surface area contributed by atoms with E-state index in [1.54, 1.807) is 31.2 Å². The summed E-state index contributed by atoms with van der Waals surface area (Å²) in [5, 5.41) is 6.05. The number of para-hydroxylation sites is 1. The van der Waals surface area contributed by atoms with Crippen LogP contribution >= 0.6 is 0 Å². The highest BCUT2D eigenvalue weighted by atomic mass is 16.5. The number of carbonyl (C=O) groups is 2. The molecule has 1 aliphatic heterocycles. The van der Waals surface area contributed by atoms with Crippen molar-refractivity contribution in [3.63, 3.8) is 0 Å². The summed E-state index contributed by atoms with van der Waals surface area (Å²) in [7, 11) is 0. The minimum absolute atomic E-state index is 0.0426. The van der Waals surface area contributed by atoms with Gasteiger partial charge in [-0.25, -0.2) is 4.79 Å². The maximum absolute atomic E-state index is 12.2. The van der Waals surface area contributed by atoms with Crippen LogP contribution in [-0.4, -0.2) is 31.6 Å². The molecule has 1 aromatic carbocycles. The third-order valence-electron chi connectivity index (χ3n) is 3.35. The Morgan fingerprint density at radius 3 is 2.90 bits per heavy atom. The van der Waals surface area contributed by atoms with Gasteiger partial charge in [0.15, 0.2) is 0 Å². The molecular formula is C15H20N2O3. The first kappa shape index (κ1) is 14.5. The summed E-state index contributed by atoms with van der Waals surface area (Å²) >= 11 is 0. The summed E-state index contributed by atoms with van der Waals surface area (Å²) in [5.41, 5.74) is 0.910. The van der Waals surface area contributed by atoms with Crippen LogP contribution in [-0.2, 0) is 9.53 Å². The minimum atomic E-state index is -0.412. The first-order valence-electron chi connectivity index (χ1n) is 7.00. The van der Waals surface area contributed by atoms with E-state index in [-0.39, 0.29) is 11.8 Å². The summed E-state index contributed by atoms with van der Waals surface area (Å²) < 4.78 is 4.99. The number of esters is 1. The molecule has 0 aromatic heterocycles. The van der Waals surface area contributed by atoms with Crippen molar-refractivity contribution >= 4 is 17.6 Å². The van der Waals surface area contributed by atoms with Gasteiger partial charge >= 0.3 is 5.97 Å². The lowest BCUT2D eigenvalue weighted by Gasteiger charge is -2.22. The van der Waals surface area contributed by atoms with E-state index in [4.69, 9.17) is 4.74 Å². The lowest BCUT2D eigenvalue weighted by atomic mass is 9.98. The van der Waals surface area contributed by atoms with Gasteiger partial charge in [0.2, 0.25) is 5.91 Å². The summed E-state index contributed by atoms with van der Waals surface area (Å²) in [6.45, 7) is 3.72. The number of carbonyl (C=O) groups excluding carboxylic acids is 2. The molecule has 2 N–H and O–H groups in total. The molecule has 2 rings (SSSR count). The zero-order valence-electron chi connectivity index (χ0n) is 11.6. The summed E-state index contributed by atoms with van der Waals surface area (Å²) in [6, 6.07) is 6.93. The molecule has 1 aromatic rings. The van der Waals surface area contributed by atoms with Crippen molar-refractivity contribution in [3.05, 3.63) is 29.8 Å². The van der Waals surface area contributed by atoms with Crippen molar-refractivity contribution in [2.24, 2.45) is 5.92 Å². The van der Waals surface area contributed by atoms with E-state index in [1.807, 2.05) is 0 Å². The Hall–Kier alpha value is -1.88. The average Bonchev–Trinajstić information content (AvgIpc) is 2.49. The van der Waals surface area contributed by atoms with Gasteiger partial charge in [0.05, 0.1) is 23.8 Å². The Balaban J connectivity index is 2.08. The van der Waals surface area contributed by atoms with Crippen molar-refractivity contribution in [2.45, 2.75) is 19.8 Å². The minimum Gasteiger partial charge on any atom is -0.462 e. The van der Waals surface area contributed by atoms with Crippen LogP contribution in [0.15, 0.2) is 24.3 Å². The average molecular weight is 276 g/mol. The number of benzene rings is 1. The SMILES string of the molecule is CCOC(=O)c1ccccc1NC(=O)[C@@H]1CCCNC1. The smallest absolute Gasteiger partial charge is 0.340 e. The first-order chi connectivity index (χ1) is 9.72. The molecule has 0 saturated carbocycles. The van der Waals surface area contributed by atoms with E-state index in [9.17, 15) is 9.59 Å².